The second kappa shape index (κ2) is 6.48. The zero-order chi connectivity index (χ0) is 20.1. The van der Waals surface area contributed by atoms with E-state index in [0.29, 0.717) is 17.1 Å². The normalized spacial score (nSPS) is 23.0. The van der Waals surface area contributed by atoms with Gasteiger partial charge in [0.15, 0.2) is 9.84 Å². The van der Waals surface area contributed by atoms with Gasteiger partial charge in [-0.05, 0) is 24.3 Å². The highest BCUT2D eigenvalue weighted by molar-refractivity contribution is 7.91. The molecule has 2 saturated heterocycles. The summed E-state index contributed by atoms with van der Waals surface area (Å²) in [6, 6.07) is 10.9. The molecule has 2 aromatic carbocycles. The number of rotatable bonds is 4. The van der Waals surface area contributed by atoms with Gasteiger partial charge in [-0.15, -0.1) is 0 Å². The minimum Gasteiger partial charge on any atom is -0.495 e. The second-order valence-corrected chi connectivity index (χ2v) is 8.83. The molecule has 4 rings (SSSR count). The van der Waals surface area contributed by atoms with Crippen molar-refractivity contribution < 1.29 is 22.9 Å². The van der Waals surface area contributed by atoms with Gasteiger partial charge in [0.05, 0.1) is 41.3 Å². The molecule has 2 unspecified atom stereocenters. The highest BCUT2D eigenvalue weighted by Gasteiger charge is 2.55. The van der Waals surface area contributed by atoms with E-state index >= 15 is 0 Å². The standard InChI is InChI=1S/C18H17N3O6S/c1-27-17-5-3-2-4-14(17)20-16-11-28(25,26)10-15(16)19(18(20)22)12-6-8-13(9-7-12)21(23)24/h2-9,15-16H,10-11H2,1H3. The fraction of sp³-hybridized carbons (Fsp3) is 0.278. The third-order valence-electron chi connectivity index (χ3n) is 5.05. The highest BCUT2D eigenvalue weighted by atomic mass is 32.2. The third-order valence-corrected chi connectivity index (χ3v) is 6.75. The molecular formula is C18H17N3O6S. The first-order valence-electron chi connectivity index (χ1n) is 8.53. The molecule has 0 N–H and O–H groups in total. The number of carbonyl (C=O) groups is 1. The topological polar surface area (TPSA) is 110 Å². The van der Waals surface area contributed by atoms with Crippen LogP contribution in [-0.2, 0) is 9.84 Å². The number of fused-ring (bicyclic) bond motifs is 1. The predicted octanol–water partition coefficient (Wildman–Crippen LogP) is 2.22. The van der Waals surface area contributed by atoms with E-state index in [9.17, 15) is 23.3 Å². The van der Waals surface area contributed by atoms with Crippen molar-refractivity contribution in [1.29, 1.82) is 0 Å². The maximum Gasteiger partial charge on any atom is 0.329 e. The molecule has 0 bridgehead atoms. The van der Waals surface area contributed by atoms with Gasteiger partial charge in [0.1, 0.15) is 5.75 Å². The van der Waals surface area contributed by atoms with Gasteiger partial charge in [-0.1, -0.05) is 12.1 Å². The molecule has 0 aromatic heterocycles. The molecule has 0 aliphatic carbocycles. The quantitative estimate of drug-likeness (QED) is 0.440. The number of nitro benzene ring substituents is 1. The predicted molar refractivity (Wildman–Crippen MR) is 103 cm³/mol. The van der Waals surface area contributed by atoms with E-state index in [1.165, 1.54) is 41.2 Å². The van der Waals surface area contributed by atoms with Crippen molar-refractivity contribution in [1.82, 2.24) is 0 Å². The van der Waals surface area contributed by atoms with Gasteiger partial charge in [0.2, 0.25) is 0 Å². The molecule has 2 amide bonds. The van der Waals surface area contributed by atoms with Crippen molar-refractivity contribution in [2.24, 2.45) is 0 Å². The number of non-ortho nitro benzene ring substituents is 1. The Morgan fingerprint density at radius 3 is 2.25 bits per heavy atom. The Morgan fingerprint density at radius 1 is 1.04 bits per heavy atom. The average Bonchev–Trinajstić information content (AvgIpc) is 3.10. The molecule has 146 valence electrons. The van der Waals surface area contributed by atoms with Gasteiger partial charge in [0, 0.05) is 17.8 Å². The molecule has 9 nitrogen and oxygen atoms in total. The van der Waals surface area contributed by atoms with Gasteiger partial charge in [-0.2, -0.15) is 0 Å². The molecule has 2 aliphatic heterocycles. The fourth-order valence-corrected chi connectivity index (χ4v) is 5.77. The van der Waals surface area contributed by atoms with Crippen molar-refractivity contribution in [2.75, 3.05) is 28.4 Å². The maximum atomic E-state index is 13.3. The van der Waals surface area contributed by atoms with Crippen LogP contribution in [0.25, 0.3) is 0 Å². The van der Waals surface area contributed by atoms with Crippen LogP contribution >= 0.6 is 0 Å². The van der Waals surface area contributed by atoms with E-state index in [-0.39, 0.29) is 23.2 Å². The maximum absolute atomic E-state index is 13.3. The van der Waals surface area contributed by atoms with Crippen LogP contribution in [-0.4, -0.2) is 50.1 Å². The number of anilines is 2. The summed E-state index contributed by atoms with van der Waals surface area (Å²) in [5.41, 5.74) is 0.805. The Morgan fingerprint density at radius 2 is 1.64 bits per heavy atom. The number of benzene rings is 2. The highest BCUT2D eigenvalue weighted by Crippen LogP contribution is 2.41. The monoisotopic (exact) mass is 403 g/mol. The lowest BCUT2D eigenvalue weighted by atomic mass is 10.1. The lowest BCUT2D eigenvalue weighted by molar-refractivity contribution is -0.384. The summed E-state index contributed by atoms with van der Waals surface area (Å²) >= 11 is 0. The largest absolute Gasteiger partial charge is 0.495 e. The van der Waals surface area contributed by atoms with E-state index in [1.807, 2.05) is 0 Å². The first kappa shape index (κ1) is 18.2. The molecule has 2 fully saturated rings. The fourth-order valence-electron chi connectivity index (χ4n) is 3.85. The van der Waals surface area contributed by atoms with Crippen molar-refractivity contribution >= 4 is 32.9 Å². The van der Waals surface area contributed by atoms with Crippen molar-refractivity contribution in [2.45, 2.75) is 12.1 Å². The number of sulfone groups is 1. The summed E-state index contributed by atoms with van der Waals surface area (Å²) in [6.45, 7) is 0. The lowest BCUT2D eigenvalue weighted by Crippen LogP contribution is -2.38. The molecule has 0 spiro atoms. The molecule has 2 aromatic rings. The van der Waals surface area contributed by atoms with Crippen molar-refractivity contribution in [3.63, 3.8) is 0 Å². The van der Waals surface area contributed by atoms with Crippen molar-refractivity contribution in [3.8, 4) is 5.75 Å². The van der Waals surface area contributed by atoms with Gasteiger partial charge < -0.3 is 4.74 Å². The number of amides is 2. The third kappa shape index (κ3) is 2.85. The minimum atomic E-state index is -3.34. The van der Waals surface area contributed by atoms with E-state index in [0.717, 1.165) is 0 Å². The SMILES string of the molecule is COc1ccccc1N1C(=O)N(c2ccc([N+](=O)[O-])cc2)C2CS(=O)(=O)CC21. The summed E-state index contributed by atoms with van der Waals surface area (Å²) in [4.78, 5) is 26.5. The number of nitrogens with zero attached hydrogens (tertiary/aromatic N) is 3. The van der Waals surface area contributed by atoms with E-state index in [4.69, 9.17) is 4.74 Å². The van der Waals surface area contributed by atoms with Crippen LogP contribution < -0.4 is 14.5 Å². The van der Waals surface area contributed by atoms with Gasteiger partial charge in [-0.25, -0.2) is 13.2 Å². The number of methoxy groups -OCH3 is 1. The zero-order valence-corrected chi connectivity index (χ0v) is 15.7. The van der Waals surface area contributed by atoms with Gasteiger partial charge >= 0.3 is 6.03 Å². The summed E-state index contributed by atoms with van der Waals surface area (Å²) in [5.74, 6) is 0.154. The van der Waals surface area contributed by atoms with Gasteiger partial charge in [0.25, 0.3) is 5.69 Å². The number of hydrogen-bond acceptors (Lipinski definition) is 6. The number of hydrogen-bond donors (Lipinski definition) is 0. The Bertz CT molecular complexity index is 1050. The molecule has 2 heterocycles. The number of carbonyl (C=O) groups excluding carboxylic acids is 1. The van der Waals surface area contributed by atoms with Crippen LogP contribution in [0.15, 0.2) is 48.5 Å². The minimum absolute atomic E-state index is 0.104. The van der Waals surface area contributed by atoms with Crippen LogP contribution in [0.1, 0.15) is 0 Å². The number of ether oxygens (including phenoxy) is 1. The molecule has 10 heteroatoms. The summed E-state index contributed by atoms with van der Waals surface area (Å²) in [6.07, 6.45) is 0. The van der Waals surface area contributed by atoms with Gasteiger partial charge in [-0.3, -0.25) is 19.9 Å². The Kier molecular flexibility index (Phi) is 4.22. The molecule has 2 aliphatic rings. The van der Waals surface area contributed by atoms with Crippen LogP contribution in [0, 0.1) is 10.1 Å². The second-order valence-electron chi connectivity index (χ2n) is 6.68. The molecule has 2 atom stereocenters. The number of urea groups is 1. The van der Waals surface area contributed by atoms with Crippen LogP contribution in [0.2, 0.25) is 0 Å². The van der Waals surface area contributed by atoms with Crippen LogP contribution in [0.3, 0.4) is 0 Å². The van der Waals surface area contributed by atoms with Crippen LogP contribution in [0.4, 0.5) is 21.9 Å². The molecular weight excluding hydrogens is 386 g/mol. The average molecular weight is 403 g/mol. The summed E-state index contributed by atoms with van der Waals surface area (Å²) in [7, 11) is -1.85. The van der Waals surface area contributed by atoms with E-state index < -0.39 is 26.8 Å². The summed E-state index contributed by atoms with van der Waals surface area (Å²) in [5, 5.41) is 10.9. The lowest BCUT2D eigenvalue weighted by Gasteiger charge is -2.24. The Labute approximate surface area is 161 Å². The number of nitro groups is 1. The zero-order valence-electron chi connectivity index (χ0n) is 14.9. The van der Waals surface area contributed by atoms with E-state index in [2.05, 4.69) is 0 Å². The Balaban J connectivity index is 1.80. The molecule has 28 heavy (non-hydrogen) atoms. The van der Waals surface area contributed by atoms with E-state index in [1.54, 1.807) is 24.3 Å². The first-order chi connectivity index (χ1) is 13.3. The first-order valence-corrected chi connectivity index (χ1v) is 10.3. The van der Waals surface area contributed by atoms with Crippen LogP contribution in [0.5, 0.6) is 5.75 Å². The molecule has 0 saturated carbocycles. The Hall–Kier alpha value is -3.14. The smallest absolute Gasteiger partial charge is 0.329 e. The summed E-state index contributed by atoms with van der Waals surface area (Å²) < 4.78 is 30.0. The van der Waals surface area contributed by atoms with Crippen molar-refractivity contribution in [3.05, 3.63) is 58.6 Å². The number of para-hydroxylation sites is 2. The molecule has 0 radical (unpaired) electrons.